The van der Waals surface area contributed by atoms with Crippen LogP contribution in [0.3, 0.4) is 0 Å². The van der Waals surface area contributed by atoms with Gasteiger partial charge >= 0.3 is 0 Å². The third-order valence-electron chi connectivity index (χ3n) is 4.29. The summed E-state index contributed by atoms with van der Waals surface area (Å²) in [5.41, 5.74) is 0.680. The van der Waals surface area contributed by atoms with E-state index < -0.39 is 0 Å². The van der Waals surface area contributed by atoms with E-state index in [4.69, 9.17) is 28.6 Å². The quantitative estimate of drug-likeness (QED) is 0.329. The second-order valence-electron chi connectivity index (χ2n) is 6.74. The van der Waals surface area contributed by atoms with Gasteiger partial charge in [-0.3, -0.25) is 15.0 Å². The molecule has 0 bridgehead atoms. The van der Waals surface area contributed by atoms with Crippen molar-refractivity contribution in [3.05, 3.63) is 40.1 Å². The monoisotopic (exact) mass is 440 g/mol. The fourth-order valence-corrected chi connectivity index (χ4v) is 3.64. The highest BCUT2D eigenvalue weighted by Crippen LogP contribution is 2.22. The summed E-state index contributed by atoms with van der Waals surface area (Å²) in [5.74, 6) is 0.305. The van der Waals surface area contributed by atoms with Gasteiger partial charge in [-0.15, -0.1) is 0 Å². The number of rotatable bonds is 7. The Balaban J connectivity index is 1.89. The Morgan fingerprint density at radius 2 is 1.97 bits per heavy atom. The van der Waals surface area contributed by atoms with E-state index in [2.05, 4.69) is 26.2 Å². The van der Waals surface area contributed by atoms with Crippen LogP contribution in [0.4, 0.5) is 5.69 Å². The average Bonchev–Trinajstić information content (AvgIpc) is 2.63. The van der Waals surface area contributed by atoms with Crippen LogP contribution in [0.15, 0.2) is 30.1 Å². The van der Waals surface area contributed by atoms with Crippen LogP contribution in [0.1, 0.15) is 19.8 Å². The number of likely N-dealkylation sites (tertiary alicyclic amines) is 1. The van der Waals surface area contributed by atoms with Gasteiger partial charge in [0.2, 0.25) is 11.8 Å². The molecule has 0 radical (unpaired) electrons. The van der Waals surface area contributed by atoms with Crippen molar-refractivity contribution in [1.82, 2.24) is 20.9 Å². The normalized spacial score (nSPS) is 16.8. The van der Waals surface area contributed by atoms with Crippen LogP contribution in [-0.4, -0.2) is 55.3 Å². The lowest BCUT2D eigenvalue weighted by Crippen LogP contribution is -2.50. The topological polar surface area (TPSA) is 109 Å². The van der Waals surface area contributed by atoms with Crippen molar-refractivity contribution >= 4 is 46.5 Å². The molecule has 5 N–H and O–H groups in total. The van der Waals surface area contributed by atoms with Crippen molar-refractivity contribution in [3.63, 3.8) is 0 Å². The van der Waals surface area contributed by atoms with E-state index >= 15 is 0 Å². The molecule has 1 aliphatic heterocycles. The van der Waals surface area contributed by atoms with Crippen LogP contribution in [-0.2, 0) is 9.59 Å². The SMILES string of the molecule is CN/C(=C\C(=N)NC(C)=O)N1CCC[C@@H](NC(=O)CNc2cc(Cl)cc(Cl)c2)C1. The van der Waals surface area contributed by atoms with Crippen LogP contribution in [0.25, 0.3) is 0 Å². The maximum Gasteiger partial charge on any atom is 0.239 e. The van der Waals surface area contributed by atoms with Crippen molar-refractivity contribution in [3.8, 4) is 0 Å². The smallest absolute Gasteiger partial charge is 0.239 e. The lowest BCUT2D eigenvalue weighted by Gasteiger charge is -2.36. The zero-order valence-corrected chi connectivity index (χ0v) is 18.0. The predicted octanol–water partition coefficient (Wildman–Crippen LogP) is 2.16. The number of carbonyl (C=O) groups excluding carboxylic acids is 2. The number of anilines is 1. The van der Waals surface area contributed by atoms with Crippen LogP contribution in [0.5, 0.6) is 0 Å². The Hall–Kier alpha value is -2.45. The molecule has 1 saturated heterocycles. The molecule has 10 heteroatoms. The maximum atomic E-state index is 12.3. The molecule has 1 atom stereocenters. The number of benzene rings is 1. The van der Waals surface area contributed by atoms with Gasteiger partial charge in [-0.2, -0.15) is 0 Å². The Morgan fingerprint density at radius 1 is 1.28 bits per heavy atom. The Labute approximate surface area is 180 Å². The van der Waals surface area contributed by atoms with Crippen molar-refractivity contribution in [2.75, 3.05) is 32.0 Å². The van der Waals surface area contributed by atoms with Crippen molar-refractivity contribution in [1.29, 1.82) is 5.41 Å². The zero-order valence-electron chi connectivity index (χ0n) is 16.4. The second-order valence-corrected chi connectivity index (χ2v) is 7.61. The Morgan fingerprint density at radius 3 is 2.59 bits per heavy atom. The first-order chi connectivity index (χ1) is 13.8. The number of carbonyl (C=O) groups is 2. The van der Waals surface area contributed by atoms with Crippen LogP contribution >= 0.6 is 23.2 Å². The molecular formula is C19H26Cl2N6O2. The number of amides is 2. The van der Waals surface area contributed by atoms with Crippen LogP contribution < -0.4 is 21.3 Å². The predicted molar refractivity (Wildman–Crippen MR) is 116 cm³/mol. The number of hydrogen-bond donors (Lipinski definition) is 5. The van der Waals surface area contributed by atoms with Gasteiger partial charge in [0, 0.05) is 54.9 Å². The molecule has 1 aromatic carbocycles. The molecule has 1 heterocycles. The summed E-state index contributed by atoms with van der Waals surface area (Å²) >= 11 is 11.9. The van der Waals surface area contributed by atoms with E-state index in [1.165, 1.54) is 6.92 Å². The van der Waals surface area contributed by atoms with E-state index in [0.29, 0.717) is 22.3 Å². The number of nitrogens with one attached hydrogen (secondary N) is 5. The van der Waals surface area contributed by atoms with Crippen LogP contribution in [0, 0.1) is 5.41 Å². The summed E-state index contributed by atoms with van der Waals surface area (Å²) in [6.07, 6.45) is 3.33. The summed E-state index contributed by atoms with van der Waals surface area (Å²) in [4.78, 5) is 25.5. The molecule has 0 saturated carbocycles. The molecule has 0 spiro atoms. The lowest BCUT2D eigenvalue weighted by molar-refractivity contribution is -0.120. The van der Waals surface area contributed by atoms with Gasteiger partial charge in [-0.1, -0.05) is 23.2 Å². The van der Waals surface area contributed by atoms with Gasteiger partial charge < -0.3 is 26.2 Å². The highest BCUT2D eigenvalue weighted by atomic mass is 35.5. The summed E-state index contributed by atoms with van der Waals surface area (Å²) in [5, 5.41) is 20.4. The van der Waals surface area contributed by atoms with Gasteiger partial charge in [0.25, 0.3) is 0 Å². The van der Waals surface area contributed by atoms with Gasteiger partial charge in [0.05, 0.1) is 6.54 Å². The van der Waals surface area contributed by atoms with Gasteiger partial charge in [-0.05, 0) is 31.0 Å². The van der Waals surface area contributed by atoms with Crippen molar-refractivity contribution in [2.24, 2.45) is 0 Å². The highest BCUT2D eigenvalue weighted by molar-refractivity contribution is 6.35. The van der Waals surface area contributed by atoms with E-state index in [1.54, 1.807) is 31.3 Å². The third kappa shape index (κ3) is 7.83. The van der Waals surface area contributed by atoms with Gasteiger partial charge in [-0.25, -0.2) is 0 Å². The summed E-state index contributed by atoms with van der Waals surface area (Å²) in [6.45, 7) is 2.87. The minimum Gasteiger partial charge on any atom is -0.376 e. The molecule has 1 aromatic rings. The molecule has 8 nitrogen and oxygen atoms in total. The largest absolute Gasteiger partial charge is 0.376 e. The first-order valence-electron chi connectivity index (χ1n) is 9.26. The van der Waals surface area contributed by atoms with Gasteiger partial charge in [0.15, 0.2) is 0 Å². The Kier molecular flexibility index (Phi) is 8.60. The van der Waals surface area contributed by atoms with E-state index in [-0.39, 0.29) is 30.2 Å². The minimum absolute atomic E-state index is 0.0115. The summed E-state index contributed by atoms with van der Waals surface area (Å²) in [6, 6.07) is 5.02. The number of halogens is 2. The molecule has 0 aliphatic carbocycles. The second kappa shape index (κ2) is 10.9. The van der Waals surface area contributed by atoms with E-state index in [9.17, 15) is 9.59 Å². The molecule has 0 unspecified atom stereocenters. The van der Waals surface area contributed by atoms with E-state index in [0.717, 1.165) is 25.2 Å². The Bertz CT molecular complexity index is 779. The number of nitrogens with zero attached hydrogens (tertiary/aromatic N) is 1. The molecule has 2 rings (SSSR count). The zero-order chi connectivity index (χ0) is 21.4. The van der Waals surface area contributed by atoms with E-state index in [1.807, 2.05) is 0 Å². The van der Waals surface area contributed by atoms with Crippen LogP contribution in [0.2, 0.25) is 10.0 Å². The first-order valence-corrected chi connectivity index (χ1v) is 10.0. The highest BCUT2D eigenvalue weighted by Gasteiger charge is 2.22. The average molecular weight is 441 g/mol. The fraction of sp³-hybridized carbons (Fsp3) is 0.421. The fourth-order valence-electron chi connectivity index (χ4n) is 3.11. The third-order valence-corrected chi connectivity index (χ3v) is 4.73. The van der Waals surface area contributed by atoms with Gasteiger partial charge in [0.1, 0.15) is 11.7 Å². The number of piperidine rings is 1. The molecule has 1 fully saturated rings. The molecule has 1 aliphatic rings. The minimum atomic E-state index is -0.293. The lowest BCUT2D eigenvalue weighted by atomic mass is 10.1. The standard InChI is InChI=1S/C19H26Cl2N6O2/c1-12(28)25-17(22)9-18(23-2)27-5-3-4-15(11-27)26-19(29)10-24-16-7-13(20)6-14(21)8-16/h6-9,15,23-24H,3-5,10-11H2,1-2H3,(H,26,29)(H2,22,25,28)/b18-9+/t15-/m1/s1. The molecule has 158 valence electrons. The van der Waals surface area contributed by atoms with Crippen molar-refractivity contribution in [2.45, 2.75) is 25.8 Å². The maximum absolute atomic E-state index is 12.3. The number of amidine groups is 1. The molecular weight excluding hydrogens is 415 g/mol. The molecule has 2 amide bonds. The first kappa shape index (κ1) is 22.8. The summed E-state index contributed by atoms with van der Waals surface area (Å²) in [7, 11) is 1.76. The number of hydrogen-bond acceptors (Lipinski definition) is 6. The molecule has 29 heavy (non-hydrogen) atoms. The van der Waals surface area contributed by atoms with Crippen molar-refractivity contribution < 1.29 is 9.59 Å². The summed E-state index contributed by atoms with van der Waals surface area (Å²) < 4.78 is 0. The molecule has 0 aromatic heterocycles.